The summed E-state index contributed by atoms with van der Waals surface area (Å²) in [6, 6.07) is 2.81. The van der Waals surface area contributed by atoms with Crippen LogP contribution in [0.25, 0.3) is 0 Å². The van der Waals surface area contributed by atoms with Crippen molar-refractivity contribution in [2.75, 3.05) is 19.7 Å². The standard InChI is InChI=1S/C16H20F4N2O2/c1-11-10-22(7-2-8-24-11)15(23)21-14(9-16(18,19)20)12-3-5-13(17)6-4-12/h3-6,11,14H,2,7-10H2,1H3,(H,21,23)/t11-,14-/m0/s1. The molecule has 134 valence electrons. The smallest absolute Gasteiger partial charge is 0.377 e. The average Bonchev–Trinajstić information content (AvgIpc) is 2.70. The van der Waals surface area contributed by atoms with E-state index < -0.39 is 30.5 Å². The van der Waals surface area contributed by atoms with Crippen molar-refractivity contribution in [1.82, 2.24) is 10.2 Å². The molecule has 8 heteroatoms. The largest absolute Gasteiger partial charge is 0.391 e. The van der Waals surface area contributed by atoms with Crippen LogP contribution in [0, 0.1) is 5.82 Å². The van der Waals surface area contributed by atoms with Crippen LogP contribution >= 0.6 is 0 Å². The highest BCUT2D eigenvalue weighted by Gasteiger charge is 2.34. The minimum absolute atomic E-state index is 0.176. The highest BCUT2D eigenvalue weighted by molar-refractivity contribution is 5.74. The summed E-state index contributed by atoms with van der Waals surface area (Å²) >= 11 is 0. The highest BCUT2D eigenvalue weighted by Crippen LogP contribution is 2.30. The first-order chi connectivity index (χ1) is 11.2. The van der Waals surface area contributed by atoms with Crippen LogP contribution in [0.2, 0.25) is 0 Å². The van der Waals surface area contributed by atoms with E-state index in [9.17, 15) is 22.4 Å². The molecule has 2 rings (SSSR count). The molecule has 24 heavy (non-hydrogen) atoms. The predicted molar refractivity (Wildman–Crippen MR) is 79.9 cm³/mol. The Morgan fingerprint density at radius 2 is 2.04 bits per heavy atom. The number of rotatable bonds is 3. The number of benzene rings is 1. The van der Waals surface area contributed by atoms with Gasteiger partial charge in [-0.25, -0.2) is 9.18 Å². The molecular weight excluding hydrogens is 328 g/mol. The summed E-state index contributed by atoms with van der Waals surface area (Å²) in [6.07, 6.45) is -5.23. The summed E-state index contributed by atoms with van der Waals surface area (Å²) in [5.41, 5.74) is 0.209. The Labute approximate surface area is 137 Å². The molecule has 1 heterocycles. The summed E-state index contributed by atoms with van der Waals surface area (Å²) in [4.78, 5) is 13.8. The van der Waals surface area contributed by atoms with Gasteiger partial charge in [0.25, 0.3) is 0 Å². The van der Waals surface area contributed by atoms with Crippen LogP contribution in [0.15, 0.2) is 24.3 Å². The van der Waals surface area contributed by atoms with Crippen molar-refractivity contribution in [1.29, 1.82) is 0 Å². The van der Waals surface area contributed by atoms with Gasteiger partial charge in [-0.05, 0) is 31.0 Å². The molecule has 2 atom stereocenters. The number of amides is 2. The number of ether oxygens (including phenoxy) is 1. The Bertz CT molecular complexity index is 548. The molecule has 1 N–H and O–H groups in total. The molecule has 0 aromatic heterocycles. The van der Waals surface area contributed by atoms with E-state index in [2.05, 4.69) is 5.32 Å². The molecule has 0 saturated carbocycles. The van der Waals surface area contributed by atoms with Gasteiger partial charge in [0.1, 0.15) is 5.82 Å². The van der Waals surface area contributed by atoms with Crippen LogP contribution in [0.5, 0.6) is 0 Å². The third kappa shape index (κ3) is 5.67. The number of hydrogen-bond donors (Lipinski definition) is 1. The molecule has 1 aromatic carbocycles. The van der Waals surface area contributed by atoms with E-state index in [1.54, 1.807) is 6.92 Å². The zero-order valence-electron chi connectivity index (χ0n) is 13.3. The second kappa shape index (κ2) is 7.83. The molecule has 0 radical (unpaired) electrons. The van der Waals surface area contributed by atoms with Crippen molar-refractivity contribution in [3.63, 3.8) is 0 Å². The van der Waals surface area contributed by atoms with Gasteiger partial charge in [-0.15, -0.1) is 0 Å². The number of urea groups is 1. The quantitative estimate of drug-likeness (QED) is 0.848. The average molecular weight is 348 g/mol. The predicted octanol–water partition coefficient (Wildman–Crippen LogP) is 3.64. The van der Waals surface area contributed by atoms with Crippen LogP contribution in [-0.2, 0) is 4.74 Å². The molecule has 0 spiro atoms. The molecule has 2 amide bonds. The number of alkyl halides is 3. The topological polar surface area (TPSA) is 41.6 Å². The van der Waals surface area contributed by atoms with Gasteiger partial charge >= 0.3 is 12.2 Å². The monoisotopic (exact) mass is 348 g/mol. The fourth-order valence-corrected chi connectivity index (χ4v) is 2.60. The van der Waals surface area contributed by atoms with Crippen molar-refractivity contribution in [3.05, 3.63) is 35.6 Å². The second-order valence-corrected chi connectivity index (χ2v) is 5.85. The Balaban J connectivity index is 2.11. The SMILES string of the molecule is C[C@H]1CN(C(=O)N[C@@H](CC(F)(F)F)c2ccc(F)cc2)CCCO1. The van der Waals surface area contributed by atoms with Crippen LogP contribution in [-0.4, -0.2) is 42.9 Å². The van der Waals surface area contributed by atoms with Crippen molar-refractivity contribution in [2.24, 2.45) is 0 Å². The van der Waals surface area contributed by atoms with Crippen LogP contribution < -0.4 is 5.32 Å². The Kier molecular flexibility index (Phi) is 6.04. The maximum Gasteiger partial charge on any atom is 0.391 e. The highest BCUT2D eigenvalue weighted by atomic mass is 19.4. The third-order valence-corrected chi connectivity index (χ3v) is 3.75. The summed E-state index contributed by atoms with van der Waals surface area (Å²) in [5.74, 6) is -0.547. The fraction of sp³-hybridized carbons (Fsp3) is 0.562. The molecule has 0 aliphatic carbocycles. The Morgan fingerprint density at radius 3 is 2.67 bits per heavy atom. The molecule has 1 aliphatic rings. The lowest BCUT2D eigenvalue weighted by Crippen LogP contribution is -2.45. The van der Waals surface area contributed by atoms with E-state index in [4.69, 9.17) is 4.74 Å². The molecule has 0 bridgehead atoms. The number of nitrogens with one attached hydrogen (secondary N) is 1. The van der Waals surface area contributed by atoms with Gasteiger partial charge in [0, 0.05) is 19.7 Å². The van der Waals surface area contributed by atoms with Crippen LogP contribution in [0.1, 0.15) is 31.4 Å². The minimum atomic E-state index is -4.46. The van der Waals surface area contributed by atoms with Crippen molar-refractivity contribution in [2.45, 2.75) is 38.1 Å². The van der Waals surface area contributed by atoms with Crippen molar-refractivity contribution >= 4 is 6.03 Å². The van der Waals surface area contributed by atoms with Gasteiger partial charge < -0.3 is 15.0 Å². The zero-order valence-corrected chi connectivity index (χ0v) is 13.3. The van der Waals surface area contributed by atoms with Gasteiger partial charge in [-0.2, -0.15) is 13.2 Å². The first kappa shape index (κ1) is 18.5. The molecule has 4 nitrogen and oxygen atoms in total. The number of hydrogen-bond acceptors (Lipinski definition) is 2. The van der Waals surface area contributed by atoms with E-state index in [-0.39, 0.29) is 11.7 Å². The Morgan fingerprint density at radius 1 is 1.38 bits per heavy atom. The summed E-state index contributed by atoms with van der Waals surface area (Å²) in [5, 5.41) is 2.42. The fourth-order valence-electron chi connectivity index (χ4n) is 2.60. The van der Waals surface area contributed by atoms with Gasteiger partial charge in [0.15, 0.2) is 0 Å². The van der Waals surface area contributed by atoms with Gasteiger partial charge in [0.05, 0.1) is 18.6 Å². The van der Waals surface area contributed by atoms with E-state index in [0.29, 0.717) is 26.1 Å². The van der Waals surface area contributed by atoms with Gasteiger partial charge in [-0.3, -0.25) is 0 Å². The van der Waals surface area contributed by atoms with E-state index in [1.165, 1.54) is 17.0 Å². The normalized spacial score (nSPS) is 20.4. The van der Waals surface area contributed by atoms with E-state index >= 15 is 0 Å². The summed E-state index contributed by atoms with van der Waals surface area (Å²) in [6.45, 7) is 3.04. The zero-order chi connectivity index (χ0) is 17.7. The summed E-state index contributed by atoms with van der Waals surface area (Å²) < 4.78 is 56.9. The number of nitrogens with zero attached hydrogens (tertiary/aromatic N) is 1. The number of carbonyl (C=O) groups is 1. The maximum absolute atomic E-state index is 13.0. The minimum Gasteiger partial charge on any atom is -0.377 e. The summed E-state index contributed by atoms with van der Waals surface area (Å²) in [7, 11) is 0. The van der Waals surface area contributed by atoms with E-state index in [0.717, 1.165) is 12.1 Å². The molecule has 1 aliphatic heterocycles. The lowest BCUT2D eigenvalue weighted by molar-refractivity contribution is -0.139. The first-order valence-electron chi connectivity index (χ1n) is 7.74. The molecule has 1 aromatic rings. The van der Waals surface area contributed by atoms with Gasteiger partial charge in [0.2, 0.25) is 0 Å². The second-order valence-electron chi connectivity index (χ2n) is 5.85. The van der Waals surface area contributed by atoms with Gasteiger partial charge in [-0.1, -0.05) is 12.1 Å². The number of carbonyl (C=O) groups excluding carboxylic acids is 1. The third-order valence-electron chi connectivity index (χ3n) is 3.75. The lowest BCUT2D eigenvalue weighted by Gasteiger charge is -2.27. The lowest BCUT2D eigenvalue weighted by atomic mass is 10.0. The molecule has 1 fully saturated rings. The molecule has 0 unspecified atom stereocenters. The van der Waals surface area contributed by atoms with E-state index in [1.807, 2.05) is 0 Å². The molecular formula is C16H20F4N2O2. The van der Waals surface area contributed by atoms with Crippen LogP contribution in [0.3, 0.4) is 0 Å². The van der Waals surface area contributed by atoms with Crippen molar-refractivity contribution < 1.29 is 27.1 Å². The van der Waals surface area contributed by atoms with Crippen LogP contribution in [0.4, 0.5) is 22.4 Å². The Hall–Kier alpha value is -1.83. The first-order valence-corrected chi connectivity index (χ1v) is 7.74. The van der Waals surface area contributed by atoms with Crippen molar-refractivity contribution in [3.8, 4) is 0 Å². The molecule has 1 saturated heterocycles. The number of halogens is 4. The maximum atomic E-state index is 13.0.